The summed E-state index contributed by atoms with van der Waals surface area (Å²) in [6, 6.07) is 7.19. The highest BCUT2D eigenvalue weighted by atomic mass is 16.6. The number of rotatable bonds is 3. The second-order valence-corrected chi connectivity index (χ2v) is 2.86. The van der Waals surface area contributed by atoms with Gasteiger partial charge in [0.05, 0.1) is 6.61 Å². The van der Waals surface area contributed by atoms with Crippen LogP contribution in [0, 0.1) is 6.92 Å². The molecule has 0 fully saturated rings. The first kappa shape index (κ1) is 10.5. The lowest BCUT2D eigenvalue weighted by atomic mass is 10.2. The molecular weight excluding hydrogens is 182 g/mol. The number of ether oxygens (including phenoxy) is 1. The van der Waals surface area contributed by atoms with Crippen LogP contribution in [-0.4, -0.2) is 24.4 Å². The molecule has 2 N–H and O–H groups in total. The second kappa shape index (κ2) is 5.24. The predicted molar refractivity (Wildman–Crippen MR) is 52.3 cm³/mol. The predicted octanol–water partition coefficient (Wildman–Crippen LogP) is 1.08. The van der Waals surface area contributed by atoms with Crippen LogP contribution in [0.3, 0.4) is 0 Å². The van der Waals surface area contributed by atoms with E-state index >= 15 is 0 Å². The summed E-state index contributed by atoms with van der Waals surface area (Å²) < 4.78 is 4.94. The van der Waals surface area contributed by atoms with E-state index in [4.69, 9.17) is 9.84 Å². The molecule has 0 heterocycles. The molecule has 0 radical (unpaired) electrons. The molecule has 4 heteroatoms. The highest BCUT2D eigenvalue weighted by molar-refractivity contribution is 5.70. The van der Waals surface area contributed by atoms with E-state index in [1.807, 2.05) is 19.1 Å². The fourth-order valence-corrected chi connectivity index (χ4v) is 0.980. The highest BCUT2D eigenvalue weighted by Gasteiger charge is 2.02. The van der Waals surface area contributed by atoms with Crippen molar-refractivity contribution in [1.29, 1.82) is 0 Å². The van der Waals surface area contributed by atoms with Crippen molar-refractivity contribution < 1.29 is 14.6 Å². The Labute approximate surface area is 82.5 Å². The minimum absolute atomic E-state index is 0.0943. The summed E-state index contributed by atoms with van der Waals surface area (Å²) in [5.74, 6) is 0.500. The van der Waals surface area contributed by atoms with E-state index in [0.717, 1.165) is 5.56 Å². The fraction of sp³-hybridized carbons (Fsp3) is 0.300. The van der Waals surface area contributed by atoms with Crippen molar-refractivity contribution in [2.75, 3.05) is 13.2 Å². The average Bonchev–Trinajstić information content (AvgIpc) is 2.15. The van der Waals surface area contributed by atoms with Gasteiger partial charge in [0, 0.05) is 6.54 Å². The summed E-state index contributed by atoms with van der Waals surface area (Å²) in [6.45, 7) is 2.02. The summed E-state index contributed by atoms with van der Waals surface area (Å²) in [6.07, 6.45) is -0.551. The van der Waals surface area contributed by atoms with Crippen molar-refractivity contribution in [3.63, 3.8) is 0 Å². The van der Waals surface area contributed by atoms with Gasteiger partial charge in [-0.15, -0.1) is 0 Å². The molecule has 14 heavy (non-hydrogen) atoms. The minimum Gasteiger partial charge on any atom is -0.410 e. The smallest absolute Gasteiger partial charge is 0.410 e. The largest absolute Gasteiger partial charge is 0.412 e. The molecule has 4 nitrogen and oxygen atoms in total. The summed E-state index contributed by atoms with van der Waals surface area (Å²) in [4.78, 5) is 11.0. The molecule has 1 amide bonds. The first-order valence-electron chi connectivity index (χ1n) is 4.35. The molecule has 0 aliphatic carbocycles. The van der Waals surface area contributed by atoms with Crippen LogP contribution in [0.25, 0.3) is 0 Å². The number of hydrogen-bond donors (Lipinski definition) is 2. The Morgan fingerprint density at radius 3 is 3.00 bits per heavy atom. The first-order valence-corrected chi connectivity index (χ1v) is 4.35. The topological polar surface area (TPSA) is 58.6 Å². The third-order valence-corrected chi connectivity index (χ3v) is 1.58. The van der Waals surface area contributed by atoms with Crippen molar-refractivity contribution in [1.82, 2.24) is 5.32 Å². The van der Waals surface area contributed by atoms with Crippen molar-refractivity contribution >= 4 is 6.09 Å². The van der Waals surface area contributed by atoms with Crippen LogP contribution >= 0.6 is 0 Å². The van der Waals surface area contributed by atoms with Gasteiger partial charge in [0.1, 0.15) is 5.75 Å². The zero-order valence-corrected chi connectivity index (χ0v) is 7.99. The second-order valence-electron chi connectivity index (χ2n) is 2.86. The molecule has 0 aliphatic heterocycles. The molecule has 0 saturated carbocycles. The number of carbonyl (C=O) groups excluding carboxylic acids is 1. The van der Waals surface area contributed by atoms with Crippen LogP contribution < -0.4 is 10.1 Å². The Hall–Kier alpha value is -1.55. The van der Waals surface area contributed by atoms with Crippen LogP contribution in [0.2, 0.25) is 0 Å². The number of hydrogen-bond acceptors (Lipinski definition) is 3. The molecular formula is C10H13NO3. The van der Waals surface area contributed by atoms with Crippen molar-refractivity contribution in [2.45, 2.75) is 6.92 Å². The van der Waals surface area contributed by atoms with Gasteiger partial charge in [0.25, 0.3) is 0 Å². The molecule has 0 aromatic heterocycles. The number of nitrogens with one attached hydrogen (secondary N) is 1. The molecule has 0 bridgehead atoms. The Morgan fingerprint density at radius 2 is 2.36 bits per heavy atom. The van der Waals surface area contributed by atoms with Gasteiger partial charge >= 0.3 is 6.09 Å². The van der Waals surface area contributed by atoms with Crippen LogP contribution in [0.5, 0.6) is 5.75 Å². The first-order chi connectivity index (χ1) is 6.72. The summed E-state index contributed by atoms with van der Waals surface area (Å²) in [5.41, 5.74) is 1.03. The van der Waals surface area contributed by atoms with E-state index in [1.165, 1.54) is 0 Å². The number of benzene rings is 1. The SMILES string of the molecule is Cc1cccc(OC(=O)NCCO)c1. The van der Waals surface area contributed by atoms with E-state index < -0.39 is 6.09 Å². The fourth-order valence-electron chi connectivity index (χ4n) is 0.980. The molecule has 1 rings (SSSR count). The van der Waals surface area contributed by atoms with Gasteiger partial charge in [-0.25, -0.2) is 4.79 Å². The Kier molecular flexibility index (Phi) is 3.94. The van der Waals surface area contributed by atoms with E-state index in [1.54, 1.807) is 12.1 Å². The maximum absolute atomic E-state index is 11.0. The third kappa shape index (κ3) is 3.45. The van der Waals surface area contributed by atoms with Gasteiger partial charge in [-0.3, -0.25) is 0 Å². The van der Waals surface area contributed by atoms with Gasteiger partial charge < -0.3 is 15.2 Å². The maximum atomic E-state index is 11.0. The Morgan fingerprint density at radius 1 is 1.57 bits per heavy atom. The van der Waals surface area contributed by atoms with E-state index in [2.05, 4.69) is 5.32 Å². The molecule has 0 spiro atoms. The summed E-state index contributed by atoms with van der Waals surface area (Å²) in [5, 5.41) is 10.8. The number of aliphatic hydroxyl groups excluding tert-OH is 1. The Balaban J connectivity index is 2.47. The molecule has 0 unspecified atom stereocenters. The highest BCUT2D eigenvalue weighted by Crippen LogP contribution is 2.11. The number of carbonyl (C=O) groups is 1. The maximum Gasteiger partial charge on any atom is 0.412 e. The van der Waals surface area contributed by atoms with Gasteiger partial charge in [0.15, 0.2) is 0 Å². The lowest BCUT2D eigenvalue weighted by Gasteiger charge is -2.05. The van der Waals surface area contributed by atoms with Crippen LogP contribution in [0.1, 0.15) is 5.56 Å². The van der Waals surface area contributed by atoms with E-state index in [0.29, 0.717) is 5.75 Å². The molecule has 1 aromatic rings. The molecule has 1 aromatic carbocycles. The Bertz CT molecular complexity index is 312. The van der Waals surface area contributed by atoms with Crippen LogP contribution in [0.15, 0.2) is 24.3 Å². The molecule has 0 atom stereocenters. The third-order valence-electron chi connectivity index (χ3n) is 1.58. The zero-order valence-electron chi connectivity index (χ0n) is 7.99. The van der Waals surface area contributed by atoms with Gasteiger partial charge in [-0.1, -0.05) is 12.1 Å². The lowest BCUT2D eigenvalue weighted by molar-refractivity contribution is 0.195. The van der Waals surface area contributed by atoms with E-state index in [9.17, 15) is 4.79 Å². The number of amides is 1. The van der Waals surface area contributed by atoms with Gasteiger partial charge in [-0.2, -0.15) is 0 Å². The van der Waals surface area contributed by atoms with Crippen LogP contribution in [-0.2, 0) is 0 Å². The molecule has 76 valence electrons. The van der Waals surface area contributed by atoms with E-state index in [-0.39, 0.29) is 13.2 Å². The standard InChI is InChI=1S/C10H13NO3/c1-8-3-2-4-9(7-8)14-10(13)11-5-6-12/h2-4,7,12H,5-6H2,1H3,(H,11,13). The quantitative estimate of drug-likeness (QED) is 0.758. The monoisotopic (exact) mass is 195 g/mol. The zero-order chi connectivity index (χ0) is 10.4. The minimum atomic E-state index is -0.551. The van der Waals surface area contributed by atoms with Crippen molar-refractivity contribution in [2.24, 2.45) is 0 Å². The normalized spacial score (nSPS) is 9.57. The molecule has 0 saturated heterocycles. The average molecular weight is 195 g/mol. The molecule has 0 aliphatic rings. The van der Waals surface area contributed by atoms with Gasteiger partial charge in [0.2, 0.25) is 0 Å². The van der Waals surface area contributed by atoms with Crippen LogP contribution in [0.4, 0.5) is 4.79 Å². The summed E-state index contributed by atoms with van der Waals surface area (Å²) in [7, 11) is 0. The number of aryl methyl sites for hydroxylation is 1. The van der Waals surface area contributed by atoms with Crippen molar-refractivity contribution in [3.05, 3.63) is 29.8 Å². The number of aliphatic hydroxyl groups is 1. The van der Waals surface area contributed by atoms with Crippen molar-refractivity contribution in [3.8, 4) is 5.75 Å². The van der Waals surface area contributed by atoms with Gasteiger partial charge in [-0.05, 0) is 24.6 Å². The lowest BCUT2D eigenvalue weighted by Crippen LogP contribution is -2.29. The summed E-state index contributed by atoms with van der Waals surface area (Å²) >= 11 is 0.